The molecule has 0 aromatic rings. The number of carbonyl (C=O) groups excluding carboxylic acids is 2. The van der Waals surface area contributed by atoms with Crippen LogP contribution >= 0.6 is 0 Å². The number of nitrogens with zero attached hydrogens (tertiary/aromatic N) is 1. The third kappa shape index (κ3) is 655. The van der Waals surface area contributed by atoms with Crippen molar-refractivity contribution in [3.63, 3.8) is 0 Å². The van der Waals surface area contributed by atoms with Crippen LogP contribution in [0.15, 0.2) is 0 Å². The van der Waals surface area contributed by atoms with Gasteiger partial charge in [-0.05, 0) is 13.8 Å². The predicted octanol–water partition coefficient (Wildman–Crippen LogP) is -1.96. The maximum absolute atomic E-state index is 8.89. The third-order valence-electron chi connectivity index (χ3n) is 0. The molecule has 0 amide bonds. The minimum absolute atomic E-state index is 0. The first kappa shape index (κ1) is 22.5. The molecule has 5 nitrogen and oxygen atoms in total. The standard InChI is InChI=1S/C2H3N.2C2H4O2.Zn/c1-2-3;2*1-2(3)4;/h1H3;2*1H3,(H,3,4);/q;;;+2/p-2. The summed E-state index contributed by atoms with van der Waals surface area (Å²) in [6, 6.07) is 1.75. The van der Waals surface area contributed by atoms with Crippen LogP contribution in [0.1, 0.15) is 20.8 Å². The molecule has 64 valence electrons. The van der Waals surface area contributed by atoms with Crippen LogP contribution in [0.4, 0.5) is 0 Å². The molecule has 0 radical (unpaired) electrons. The summed E-state index contributed by atoms with van der Waals surface area (Å²) in [4.78, 5) is 17.8. The molecule has 6 heteroatoms. The van der Waals surface area contributed by atoms with E-state index in [4.69, 9.17) is 25.1 Å². The Bertz CT molecular complexity index is 132. The van der Waals surface area contributed by atoms with Crippen LogP contribution < -0.4 is 10.2 Å². The molecule has 0 heterocycles. The predicted molar refractivity (Wildman–Crippen MR) is 32.6 cm³/mol. The topological polar surface area (TPSA) is 104 Å². The number of carboxylic acid groups (broad SMARTS) is 2. The van der Waals surface area contributed by atoms with Crippen LogP contribution in [0.2, 0.25) is 0 Å². The summed E-state index contributed by atoms with van der Waals surface area (Å²) in [5.74, 6) is -2.17. The Hall–Kier alpha value is -0.947. The second kappa shape index (κ2) is 22.5. The van der Waals surface area contributed by atoms with Crippen molar-refractivity contribution in [2.75, 3.05) is 0 Å². The van der Waals surface area contributed by atoms with Crippen molar-refractivity contribution in [1.82, 2.24) is 0 Å². The van der Waals surface area contributed by atoms with Crippen molar-refractivity contribution in [3.05, 3.63) is 0 Å². The number of hydrogen-bond donors (Lipinski definition) is 0. The van der Waals surface area contributed by atoms with Crippen molar-refractivity contribution in [1.29, 1.82) is 5.26 Å². The number of carboxylic acids is 2. The Morgan fingerprint density at radius 1 is 1.17 bits per heavy atom. The normalized spacial score (nSPS) is 4.83. The van der Waals surface area contributed by atoms with Crippen molar-refractivity contribution in [3.8, 4) is 6.07 Å². The van der Waals surface area contributed by atoms with Gasteiger partial charge in [0.1, 0.15) is 0 Å². The van der Waals surface area contributed by atoms with Gasteiger partial charge in [0.15, 0.2) is 0 Å². The van der Waals surface area contributed by atoms with E-state index in [-0.39, 0.29) is 19.5 Å². The SMILES string of the molecule is CC#N.CC(=O)[O-].CC(=O)[O-].[Zn+2]. The van der Waals surface area contributed by atoms with Gasteiger partial charge in [-0.1, -0.05) is 0 Å². The first-order chi connectivity index (χ1) is 4.88. The van der Waals surface area contributed by atoms with Gasteiger partial charge in [-0.15, -0.1) is 0 Å². The zero-order valence-electron chi connectivity index (χ0n) is 7.29. The minimum atomic E-state index is -1.08. The molecule has 0 atom stereocenters. The quantitative estimate of drug-likeness (QED) is 0.444. The fraction of sp³-hybridized carbons (Fsp3) is 0.500. The molecule has 0 saturated carbocycles. The molecule has 0 aromatic carbocycles. The van der Waals surface area contributed by atoms with Gasteiger partial charge >= 0.3 is 19.5 Å². The molecule has 0 bridgehead atoms. The molecule has 0 aromatic heterocycles. The second-order valence-electron chi connectivity index (χ2n) is 1.21. The van der Waals surface area contributed by atoms with E-state index in [0.717, 1.165) is 13.8 Å². The molecule has 0 rings (SSSR count). The van der Waals surface area contributed by atoms with Gasteiger partial charge in [-0.3, -0.25) is 0 Å². The molecule has 0 unspecified atom stereocenters. The van der Waals surface area contributed by atoms with E-state index in [1.54, 1.807) is 6.07 Å². The first-order valence-electron chi connectivity index (χ1n) is 2.54. The number of aliphatic carboxylic acids is 2. The molecule has 0 N–H and O–H groups in total. The van der Waals surface area contributed by atoms with Crippen LogP contribution in [0.25, 0.3) is 0 Å². The summed E-state index contributed by atoms with van der Waals surface area (Å²) in [5, 5.41) is 25.1. The zero-order valence-corrected chi connectivity index (χ0v) is 10.3. The summed E-state index contributed by atoms with van der Waals surface area (Å²) < 4.78 is 0. The zero-order chi connectivity index (χ0) is 9.86. The van der Waals surface area contributed by atoms with Crippen LogP contribution in [0.3, 0.4) is 0 Å². The third-order valence-corrected chi connectivity index (χ3v) is 0. The number of hydrogen-bond acceptors (Lipinski definition) is 5. The van der Waals surface area contributed by atoms with E-state index in [0.29, 0.717) is 0 Å². The van der Waals surface area contributed by atoms with Crippen LogP contribution in [0.5, 0.6) is 0 Å². The molecule has 0 aliphatic carbocycles. The number of nitriles is 1. The summed E-state index contributed by atoms with van der Waals surface area (Å²) >= 11 is 0. The molecule has 0 aliphatic rings. The van der Waals surface area contributed by atoms with E-state index in [9.17, 15) is 0 Å². The summed E-state index contributed by atoms with van der Waals surface area (Å²) in [6.45, 7) is 3.38. The Kier molecular flexibility index (Phi) is 42.1. The minimum Gasteiger partial charge on any atom is -0.550 e. The fourth-order valence-electron chi connectivity index (χ4n) is 0. The maximum atomic E-state index is 8.89. The average Bonchev–Trinajstić information content (AvgIpc) is 1.60. The van der Waals surface area contributed by atoms with Crippen LogP contribution in [0, 0.1) is 11.3 Å². The Balaban J connectivity index is -0.0000000389. The number of carbonyl (C=O) groups is 2. The van der Waals surface area contributed by atoms with Crippen molar-refractivity contribution < 1.29 is 39.3 Å². The molecule has 0 fully saturated rings. The molecule has 0 spiro atoms. The number of rotatable bonds is 0. The van der Waals surface area contributed by atoms with E-state index in [2.05, 4.69) is 0 Å². The Morgan fingerprint density at radius 3 is 1.17 bits per heavy atom. The van der Waals surface area contributed by atoms with Gasteiger partial charge < -0.3 is 19.8 Å². The molecule has 0 saturated heterocycles. The van der Waals surface area contributed by atoms with Gasteiger partial charge in [-0.2, -0.15) is 5.26 Å². The van der Waals surface area contributed by atoms with Crippen molar-refractivity contribution in [2.45, 2.75) is 20.8 Å². The average molecular weight is 225 g/mol. The fourth-order valence-corrected chi connectivity index (χ4v) is 0. The molecule has 12 heavy (non-hydrogen) atoms. The molecular weight excluding hydrogens is 215 g/mol. The van der Waals surface area contributed by atoms with Crippen LogP contribution in [-0.2, 0) is 29.1 Å². The van der Waals surface area contributed by atoms with Crippen molar-refractivity contribution in [2.24, 2.45) is 0 Å². The second-order valence-corrected chi connectivity index (χ2v) is 1.21. The largest absolute Gasteiger partial charge is 2.00 e. The van der Waals surface area contributed by atoms with E-state index in [1.165, 1.54) is 6.92 Å². The molecule has 0 aliphatic heterocycles. The summed E-state index contributed by atoms with van der Waals surface area (Å²) in [5.41, 5.74) is 0. The van der Waals surface area contributed by atoms with Gasteiger partial charge in [0, 0.05) is 18.9 Å². The Morgan fingerprint density at radius 2 is 1.17 bits per heavy atom. The maximum Gasteiger partial charge on any atom is 2.00 e. The molecular formula is C6H9NO4Zn. The first-order valence-corrected chi connectivity index (χ1v) is 2.54. The van der Waals surface area contributed by atoms with Crippen LogP contribution in [-0.4, -0.2) is 11.9 Å². The summed E-state index contributed by atoms with van der Waals surface area (Å²) in [6.07, 6.45) is 0. The van der Waals surface area contributed by atoms with Gasteiger partial charge in [-0.25, -0.2) is 0 Å². The van der Waals surface area contributed by atoms with E-state index in [1.807, 2.05) is 0 Å². The monoisotopic (exact) mass is 223 g/mol. The summed E-state index contributed by atoms with van der Waals surface area (Å²) in [7, 11) is 0. The van der Waals surface area contributed by atoms with Gasteiger partial charge in [0.2, 0.25) is 0 Å². The van der Waals surface area contributed by atoms with Gasteiger partial charge in [0.25, 0.3) is 0 Å². The van der Waals surface area contributed by atoms with Crippen molar-refractivity contribution >= 4 is 11.9 Å². The Labute approximate surface area is 83.8 Å². The van der Waals surface area contributed by atoms with E-state index >= 15 is 0 Å². The smallest absolute Gasteiger partial charge is 0.550 e. The van der Waals surface area contributed by atoms with E-state index < -0.39 is 11.9 Å². The van der Waals surface area contributed by atoms with Gasteiger partial charge in [0.05, 0.1) is 6.07 Å².